The van der Waals surface area contributed by atoms with E-state index in [9.17, 15) is 9.59 Å². The first kappa shape index (κ1) is 33.6. The van der Waals surface area contributed by atoms with E-state index in [0.717, 1.165) is 16.7 Å². The number of rotatable bonds is 18. The third kappa shape index (κ3) is 15.8. The molecule has 0 unspecified atom stereocenters. The van der Waals surface area contributed by atoms with Gasteiger partial charge in [-0.2, -0.15) is 10.5 Å². The molecule has 0 bridgehead atoms. The highest BCUT2D eigenvalue weighted by Crippen LogP contribution is 2.15. The molecule has 0 fully saturated rings. The van der Waals surface area contributed by atoms with Crippen molar-refractivity contribution in [1.82, 2.24) is 10.6 Å². The minimum atomic E-state index is -0.202. The Balaban J connectivity index is 0.000000380. The average Bonchev–Trinajstić information content (AvgIpc) is 3.62. The van der Waals surface area contributed by atoms with Gasteiger partial charge in [-0.15, -0.1) is 22.7 Å². The molecule has 0 saturated carbocycles. The van der Waals surface area contributed by atoms with Crippen molar-refractivity contribution in [3.63, 3.8) is 0 Å². The molecule has 2 aromatic rings. The van der Waals surface area contributed by atoms with Gasteiger partial charge in [-0.25, -0.2) is 0 Å². The van der Waals surface area contributed by atoms with Gasteiger partial charge in [0.15, 0.2) is 0 Å². The van der Waals surface area contributed by atoms with E-state index < -0.39 is 0 Å². The smallest absolute Gasteiger partial charge is 0.261 e. The molecule has 38 heavy (non-hydrogen) atoms. The maximum Gasteiger partial charge on any atom is 0.261 e. The zero-order valence-corrected chi connectivity index (χ0v) is 24.0. The quantitative estimate of drug-likeness (QED) is 0.165. The molecule has 2 rings (SSSR count). The van der Waals surface area contributed by atoms with Crippen LogP contribution in [0.3, 0.4) is 0 Å². The van der Waals surface area contributed by atoms with Crippen LogP contribution in [0, 0.1) is 22.7 Å². The number of aliphatic hydroxyl groups is 1. The second-order valence-electron chi connectivity index (χ2n) is 6.93. The molecule has 0 atom stereocenters. The molecule has 3 N–H and O–H groups in total. The predicted molar refractivity (Wildman–Crippen MR) is 147 cm³/mol. The van der Waals surface area contributed by atoms with Crippen LogP contribution in [0.15, 0.2) is 24.3 Å². The summed E-state index contributed by atoms with van der Waals surface area (Å²) in [7, 11) is 0. The van der Waals surface area contributed by atoms with E-state index in [0.29, 0.717) is 85.5 Å². The van der Waals surface area contributed by atoms with Crippen molar-refractivity contribution in [1.29, 1.82) is 10.5 Å². The number of hydrogen-bond acceptors (Lipinski definition) is 11. The van der Waals surface area contributed by atoms with Gasteiger partial charge in [0.1, 0.15) is 21.9 Å². The number of ether oxygens (including phenoxy) is 4. The molecule has 0 spiro atoms. The normalized spacial score (nSPS) is 10.1. The maximum absolute atomic E-state index is 11.7. The Kier molecular flexibility index (Phi) is 20.0. The van der Waals surface area contributed by atoms with Crippen LogP contribution in [0.5, 0.6) is 0 Å². The number of thiophene rings is 2. The fraction of sp³-hybridized carbons (Fsp3) is 0.500. The second-order valence-corrected chi connectivity index (χ2v) is 9.89. The number of nitrogens with zero attached hydrogens (tertiary/aromatic N) is 2. The highest BCUT2D eigenvalue weighted by molar-refractivity contribution is 9.09. The molecule has 208 valence electrons. The Hall–Kier alpha value is -2.40. The van der Waals surface area contributed by atoms with Gasteiger partial charge < -0.3 is 34.7 Å². The van der Waals surface area contributed by atoms with Crippen molar-refractivity contribution >= 4 is 50.4 Å². The first-order valence-corrected chi connectivity index (χ1v) is 14.3. The third-order valence-electron chi connectivity index (χ3n) is 4.15. The molecule has 11 nitrogen and oxygen atoms in total. The van der Waals surface area contributed by atoms with Crippen LogP contribution in [0.4, 0.5) is 0 Å². The largest absolute Gasteiger partial charge is 0.394 e. The molecular weight excluding hydrogens is 600 g/mol. The lowest BCUT2D eigenvalue weighted by molar-refractivity contribution is 0.0338. The summed E-state index contributed by atoms with van der Waals surface area (Å²) in [6.45, 7) is 4.57. The Morgan fingerprint density at radius 1 is 0.737 bits per heavy atom. The van der Waals surface area contributed by atoms with Crippen molar-refractivity contribution in [2.45, 2.75) is 0 Å². The van der Waals surface area contributed by atoms with Crippen LogP contribution < -0.4 is 10.6 Å². The molecule has 0 aliphatic carbocycles. The Morgan fingerprint density at radius 3 is 1.53 bits per heavy atom. The van der Waals surface area contributed by atoms with Gasteiger partial charge in [0.25, 0.3) is 11.8 Å². The first-order valence-electron chi connectivity index (χ1n) is 11.6. The van der Waals surface area contributed by atoms with Crippen molar-refractivity contribution < 1.29 is 33.6 Å². The number of hydrogen-bond donors (Lipinski definition) is 3. The number of carbonyl (C=O) groups is 2. The minimum absolute atomic E-state index is 0.00154. The maximum atomic E-state index is 11.7. The van der Waals surface area contributed by atoms with Crippen LogP contribution >= 0.6 is 38.6 Å². The summed E-state index contributed by atoms with van der Waals surface area (Å²) in [5.74, 6) is -0.378. The van der Waals surface area contributed by atoms with E-state index in [4.69, 9.17) is 34.6 Å². The SMILES string of the molecule is N#Cc1ccc(C(=O)NCCOCCOCCBr)s1.N#Cc1ccc(C(=O)NCCOCCOCCO)s1. The molecule has 0 radical (unpaired) electrons. The molecule has 0 aliphatic rings. The number of aliphatic hydroxyl groups excluding tert-OH is 1. The van der Waals surface area contributed by atoms with Crippen LogP contribution in [0.2, 0.25) is 0 Å². The Bertz CT molecular complexity index is 940. The van der Waals surface area contributed by atoms with Crippen molar-refractivity contribution in [3.8, 4) is 12.1 Å². The van der Waals surface area contributed by atoms with Crippen LogP contribution in [-0.2, 0) is 18.9 Å². The number of halogens is 1. The summed E-state index contributed by atoms with van der Waals surface area (Å²) in [5.41, 5.74) is 0. The summed E-state index contributed by atoms with van der Waals surface area (Å²) < 4.78 is 20.7. The van der Waals surface area contributed by atoms with Crippen LogP contribution in [0.1, 0.15) is 29.1 Å². The van der Waals surface area contributed by atoms with Gasteiger partial charge >= 0.3 is 0 Å². The van der Waals surface area contributed by atoms with Crippen molar-refractivity contribution in [3.05, 3.63) is 43.8 Å². The molecule has 0 saturated heterocycles. The van der Waals surface area contributed by atoms with E-state index in [2.05, 4.69) is 26.6 Å². The van der Waals surface area contributed by atoms with E-state index in [-0.39, 0.29) is 18.4 Å². The molecule has 2 amide bonds. The zero-order valence-electron chi connectivity index (χ0n) is 20.8. The van der Waals surface area contributed by atoms with E-state index in [1.807, 2.05) is 12.1 Å². The standard InChI is InChI=1S/C12H15BrN2O3S.C12H16N2O4S/c13-3-5-17-7-8-18-6-4-15-12(16)11-2-1-10(9-14)19-11;13-9-10-1-2-11(19-10)12(16)14-3-5-17-7-8-18-6-4-15/h1-2H,3-8H2,(H,15,16);1-2,15H,3-8H2,(H,14,16). The monoisotopic (exact) mass is 630 g/mol. The third-order valence-corrected chi connectivity index (χ3v) is 6.45. The Labute approximate surface area is 238 Å². The molecule has 2 aromatic heterocycles. The van der Waals surface area contributed by atoms with Crippen LogP contribution in [0.25, 0.3) is 0 Å². The first-order chi connectivity index (χ1) is 18.5. The van der Waals surface area contributed by atoms with Crippen LogP contribution in [-0.4, -0.2) is 94.8 Å². The van der Waals surface area contributed by atoms with Gasteiger partial charge in [-0.3, -0.25) is 9.59 Å². The molecule has 2 heterocycles. The van der Waals surface area contributed by atoms with E-state index in [1.54, 1.807) is 24.3 Å². The molecule has 0 aliphatic heterocycles. The number of alkyl halides is 1. The van der Waals surface area contributed by atoms with Gasteiger partial charge in [0.2, 0.25) is 0 Å². The number of carbonyl (C=O) groups excluding carboxylic acids is 2. The molecule has 0 aromatic carbocycles. The molecule has 14 heteroatoms. The number of amides is 2. The van der Waals surface area contributed by atoms with E-state index in [1.165, 1.54) is 11.3 Å². The summed E-state index contributed by atoms with van der Waals surface area (Å²) >= 11 is 5.60. The van der Waals surface area contributed by atoms with Gasteiger partial charge in [0.05, 0.1) is 69.2 Å². The fourth-order valence-corrected chi connectivity index (χ4v) is 4.12. The summed E-state index contributed by atoms with van der Waals surface area (Å²) in [6.07, 6.45) is 0. The van der Waals surface area contributed by atoms with Crippen molar-refractivity contribution in [2.24, 2.45) is 0 Å². The Morgan fingerprint density at radius 2 is 1.16 bits per heavy atom. The summed E-state index contributed by atoms with van der Waals surface area (Å²) in [5, 5.41) is 32.0. The fourth-order valence-electron chi connectivity index (χ4n) is 2.45. The molecular formula is C24H31BrN4O7S2. The summed E-state index contributed by atoms with van der Waals surface area (Å²) in [6, 6.07) is 10.5. The van der Waals surface area contributed by atoms with Gasteiger partial charge in [-0.05, 0) is 24.3 Å². The highest BCUT2D eigenvalue weighted by atomic mass is 79.9. The van der Waals surface area contributed by atoms with E-state index >= 15 is 0 Å². The second kappa shape index (κ2) is 22.6. The average molecular weight is 632 g/mol. The van der Waals surface area contributed by atoms with Gasteiger partial charge in [-0.1, -0.05) is 15.9 Å². The summed E-state index contributed by atoms with van der Waals surface area (Å²) in [4.78, 5) is 25.4. The minimum Gasteiger partial charge on any atom is -0.394 e. The lowest BCUT2D eigenvalue weighted by Gasteiger charge is -2.05. The number of nitriles is 2. The van der Waals surface area contributed by atoms with Gasteiger partial charge in [0, 0.05) is 18.4 Å². The highest BCUT2D eigenvalue weighted by Gasteiger charge is 2.09. The number of nitrogens with one attached hydrogen (secondary N) is 2. The lowest BCUT2D eigenvalue weighted by Crippen LogP contribution is -2.27. The topological polar surface area (TPSA) is 163 Å². The predicted octanol–water partition coefficient (Wildman–Crippen LogP) is 2.15. The lowest BCUT2D eigenvalue weighted by atomic mass is 10.4. The van der Waals surface area contributed by atoms with Crippen molar-refractivity contribution in [2.75, 3.05) is 77.9 Å². The zero-order chi connectivity index (χ0) is 27.8.